The SMILES string of the molecule is C[C@H](NC(=O)[C@@H]1CC[C@H](c2ccccc2)N(C(=O)c2ccc(Cl)cc2)C1)c1ccccc1. The van der Waals surface area contributed by atoms with Gasteiger partial charge in [-0.25, -0.2) is 0 Å². The molecule has 5 heteroatoms. The van der Waals surface area contributed by atoms with Crippen LogP contribution in [-0.2, 0) is 4.79 Å². The monoisotopic (exact) mass is 446 g/mol. The number of amides is 2. The van der Waals surface area contributed by atoms with Gasteiger partial charge in [-0.3, -0.25) is 9.59 Å². The minimum atomic E-state index is -0.252. The van der Waals surface area contributed by atoms with Crippen molar-refractivity contribution in [3.05, 3.63) is 107 Å². The summed E-state index contributed by atoms with van der Waals surface area (Å²) in [6.45, 7) is 2.37. The number of carbonyl (C=O) groups excluding carboxylic acids is 2. The van der Waals surface area contributed by atoms with Gasteiger partial charge in [-0.2, -0.15) is 0 Å². The lowest BCUT2D eigenvalue weighted by molar-refractivity contribution is -0.127. The molecule has 1 N–H and O–H groups in total. The minimum Gasteiger partial charge on any atom is -0.349 e. The molecule has 0 bridgehead atoms. The molecule has 3 aromatic carbocycles. The van der Waals surface area contributed by atoms with Crippen LogP contribution in [0.25, 0.3) is 0 Å². The Morgan fingerprint density at radius 3 is 2.19 bits per heavy atom. The van der Waals surface area contributed by atoms with Crippen LogP contribution in [0, 0.1) is 5.92 Å². The van der Waals surface area contributed by atoms with Crippen molar-refractivity contribution < 1.29 is 9.59 Å². The first-order chi connectivity index (χ1) is 15.5. The van der Waals surface area contributed by atoms with Gasteiger partial charge in [0.2, 0.25) is 5.91 Å². The average molecular weight is 447 g/mol. The smallest absolute Gasteiger partial charge is 0.254 e. The van der Waals surface area contributed by atoms with E-state index >= 15 is 0 Å². The summed E-state index contributed by atoms with van der Waals surface area (Å²) in [4.78, 5) is 28.4. The number of hydrogen-bond donors (Lipinski definition) is 1. The number of nitrogens with one attached hydrogen (secondary N) is 1. The summed E-state index contributed by atoms with van der Waals surface area (Å²) >= 11 is 6.01. The maximum Gasteiger partial charge on any atom is 0.254 e. The summed E-state index contributed by atoms with van der Waals surface area (Å²) in [7, 11) is 0. The molecule has 1 aliphatic rings. The molecule has 1 heterocycles. The first-order valence-corrected chi connectivity index (χ1v) is 11.4. The van der Waals surface area contributed by atoms with Crippen LogP contribution in [0.2, 0.25) is 5.02 Å². The Hall–Kier alpha value is -3.11. The molecule has 3 atom stereocenters. The standard InChI is InChI=1S/C27H27ClN2O2/c1-19(20-8-4-2-5-9-20)29-26(31)23-14-17-25(21-10-6-3-7-11-21)30(18-23)27(32)22-12-15-24(28)16-13-22/h2-13,15-16,19,23,25H,14,17-18H2,1H3,(H,29,31)/t19-,23+,25+/m0/s1. The van der Waals surface area contributed by atoms with Crippen LogP contribution in [0.3, 0.4) is 0 Å². The lowest BCUT2D eigenvalue weighted by Crippen LogP contribution is -2.47. The van der Waals surface area contributed by atoms with E-state index in [0.717, 1.165) is 24.0 Å². The highest BCUT2D eigenvalue weighted by molar-refractivity contribution is 6.30. The number of hydrogen-bond acceptors (Lipinski definition) is 2. The Morgan fingerprint density at radius 1 is 0.906 bits per heavy atom. The first kappa shape index (κ1) is 22.1. The third-order valence-electron chi connectivity index (χ3n) is 6.15. The Labute approximate surface area is 194 Å². The summed E-state index contributed by atoms with van der Waals surface area (Å²) in [5.74, 6) is -0.344. The second-order valence-electron chi connectivity index (χ2n) is 8.31. The van der Waals surface area contributed by atoms with Gasteiger partial charge < -0.3 is 10.2 Å². The van der Waals surface area contributed by atoms with Gasteiger partial charge in [-0.05, 0) is 55.2 Å². The van der Waals surface area contributed by atoms with Gasteiger partial charge >= 0.3 is 0 Å². The molecule has 0 aromatic heterocycles. The zero-order valence-corrected chi connectivity index (χ0v) is 18.8. The molecule has 1 aliphatic heterocycles. The minimum absolute atomic E-state index is 0.0122. The van der Waals surface area contributed by atoms with Crippen LogP contribution in [-0.4, -0.2) is 23.3 Å². The maximum atomic E-state index is 13.5. The lowest BCUT2D eigenvalue weighted by atomic mass is 9.87. The topological polar surface area (TPSA) is 49.4 Å². The van der Waals surface area contributed by atoms with Gasteiger partial charge in [0.1, 0.15) is 0 Å². The predicted molar refractivity (Wildman–Crippen MR) is 127 cm³/mol. The average Bonchev–Trinajstić information content (AvgIpc) is 2.84. The van der Waals surface area contributed by atoms with Crippen LogP contribution in [0.4, 0.5) is 0 Å². The number of piperidine rings is 1. The molecule has 164 valence electrons. The normalized spacial score (nSPS) is 19.2. The molecule has 0 spiro atoms. The van der Waals surface area contributed by atoms with Crippen LogP contribution in [0.5, 0.6) is 0 Å². The zero-order valence-electron chi connectivity index (χ0n) is 18.1. The Bertz CT molecular complexity index is 1050. The molecule has 1 saturated heterocycles. The molecule has 4 nitrogen and oxygen atoms in total. The highest BCUT2D eigenvalue weighted by Gasteiger charge is 2.36. The number of nitrogens with zero attached hydrogens (tertiary/aromatic N) is 1. The molecule has 2 amide bonds. The molecule has 3 aromatic rings. The highest BCUT2D eigenvalue weighted by Crippen LogP contribution is 2.35. The summed E-state index contributed by atoms with van der Waals surface area (Å²) in [5, 5.41) is 3.72. The fourth-order valence-corrected chi connectivity index (χ4v) is 4.47. The van der Waals surface area contributed by atoms with Crippen molar-refractivity contribution in [1.82, 2.24) is 10.2 Å². The Kier molecular flexibility index (Phi) is 6.91. The third kappa shape index (κ3) is 5.03. The van der Waals surface area contributed by atoms with Gasteiger partial charge in [0.15, 0.2) is 0 Å². The van der Waals surface area contributed by atoms with E-state index in [2.05, 4.69) is 5.32 Å². The molecule has 4 rings (SSSR count). The van der Waals surface area contributed by atoms with Gasteiger partial charge in [-0.1, -0.05) is 72.3 Å². The number of carbonyl (C=O) groups is 2. The highest BCUT2D eigenvalue weighted by atomic mass is 35.5. The van der Waals surface area contributed by atoms with Crippen molar-refractivity contribution in [1.29, 1.82) is 0 Å². The van der Waals surface area contributed by atoms with E-state index in [1.165, 1.54) is 0 Å². The summed E-state index contributed by atoms with van der Waals surface area (Å²) in [6.07, 6.45) is 1.47. The zero-order chi connectivity index (χ0) is 22.5. The molecule has 32 heavy (non-hydrogen) atoms. The molecular weight excluding hydrogens is 420 g/mol. The van der Waals surface area contributed by atoms with E-state index in [1.54, 1.807) is 24.3 Å². The third-order valence-corrected chi connectivity index (χ3v) is 6.40. The van der Waals surface area contributed by atoms with Crippen molar-refractivity contribution >= 4 is 23.4 Å². The Balaban J connectivity index is 1.54. The number of likely N-dealkylation sites (tertiary alicyclic amines) is 1. The fourth-order valence-electron chi connectivity index (χ4n) is 4.35. The van der Waals surface area contributed by atoms with E-state index < -0.39 is 0 Å². The van der Waals surface area contributed by atoms with Crippen LogP contribution >= 0.6 is 11.6 Å². The van der Waals surface area contributed by atoms with E-state index in [9.17, 15) is 9.59 Å². The largest absolute Gasteiger partial charge is 0.349 e. The van der Waals surface area contributed by atoms with Crippen molar-refractivity contribution in [2.24, 2.45) is 5.92 Å². The molecular formula is C27H27ClN2O2. The number of rotatable bonds is 5. The van der Waals surface area contributed by atoms with Gasteiger partial charge in [0, 0.05) is 17.1 Å². The van der Waals surface area contributed by atoms with Crippen molar-refractivity contribution in [2.45, 2.75) is 31.8 Å². The second kappa shape index (κ2) is 10.0. The predicted octanol–water partition coefficient (Wildman–Crippen LogP) is 5.81. The summed E-state index contributed by atoms with van der Waals surface area (Å²) in [5.41, 5.74) is 2.73. The van der Waals surface area contributed by atoms with Gasteiger partial charge in [0.25, 0.3) is 5.91 Å². The lowest BCUT2D eigenvalue weighted by Gasteiger charge is -2.40. The summed E-state index contributed by atoms with van der Waals surface area (Å²) < 4.78 is 0. The maximum absolute atomic E-state index is 13.5. The number of halogens is 1. The van der Waals surface area contributed by atoms with Gasteiger partial charge in [0.05, 0.1) is 18.0 Å². The fraction of sp³-hybridized carbons (Fsp3) is 0.259. The van der Waals surface area contributed by atoms with Crippen LogP contribution < -0.4 is 5.32 Å². The molecule has 0 saturated carbocycles. The van der Waals surface area contributed by atoms with Crippen LogP contribution in [0.15, 0.2) is 84.9 Å². The van der Waals surface area contributed by atoms with Crippen molar-refractivity contribution in [2.75, 3.05) is 6.54 Å². The Morgan fingerprint density at radius 2 is 1.53 bits per heavy atom. The molecule has 0 unspecified atom stereocenters. The number of benzene rings is 3. The van der Waals surface area contributed by atoms with Crippen molar-refractivity contribution in [3.63, 3.8) is 0 Å². The molecule has 0 aliphatic carbocycles. The van der Waals surface area contributed by atoms with E-state index in [1.807, 2.05) is 72.5 Å². The molecule has 1 fully saturated rings. The molecule has 0 radical (unpaired) electrons. The second-order valence-corrected chi connectivity index (χ2v) is 8.74. The van der Waals surface area contributed by atoms with E-state index in [0.29, 0.717) is 17.1 Å². The first-order valence-electron chi connectivity index (χ1n) is 11.0. The van der Waals surface area contributed by atoms with Crippen LogP contribution in [0.1, 0.15) is 53.3 Å². The van der Waals surface area contributed by atoms with E-state index in [4.69, 9.17) is 11.6 Å². The van der Waals surface area contributed by atoms with Gasteiger partial charge in [-0.15, -0.1) is 0 Å². The summed E-state index contributed by atoms with van der Waals surface area (Å²) in [6, 6.07) is 26.7. The van der Waals surface area contributed by atoms with Crippen molar-refractivity contribution in [3.8, 4) is 0 Å². The van der Waals surface area contributed by atoms with E-state index in [-0.39, 0.29) is 29.8 Å². The quantitative estimate of drug-likeness (QED) is 0.537.